The molecule has 0 spiro atoms. The van der Waals surface area contributed by atoms with Crippen LogP contribution in [-0.2, 0) is 19.1 Å². The highest BCUT2D eigenvalue weighted by atomic mass is 16.5. The molecule has 0 amide bonds. The Bertz CT molecular complexity index is 783. The third-order valence-electron chi connectivity index (χ3n) is 10.2. The highest BCUT2D eigenvalue weighted by Gasteiger charge is 2.12. The molecular formula is C46H88N2O6. The maximum atomic E-state index is 12.3. The van der Waals surface area contributed by atoms with Gasteiger partial charge in [-0.3, -0.25) is 19.4 Å². The number of ether oxygens (including phenoxy) is 2. The Morgan fingerprint density at radius 3 is 1.02 bits per heavy atom. The normalized spacial score (nSPS) is 11.9. The van der Waals surface area contributed by atoms with E-state index in [1.54, 1.807) is 0 Å². The van der Waals surface area contributed by atoms with Crippen LogP contribution in [0.3, 0.4) is 0 Å². The number of allylic oxidation sites excluding steroid dienone is 4. The second kappa shape index (κ2) is 44.0. The van der Waals surface area contributed by atoms with Crippen LogP contribution in [0.15, 0.2) is 24.3 Å². The smallest absolute Gasteiger partial charge is 0.305 e. The van der Waals surface area contributed by atoms with Gasteiger partial charge in [0, 0.05) is 52.1 Å². The van der Waals surface area contributed by atoms with Gasteiger partial charge in [0.05, 0.1) is 13.2 Å². The fourth-order valence-corrected chi connectivity index (χ4v) is 6.64. The van der Waals surface area contributed by atoms with Crippen molar-refractivity contribution in [3.63, 3.8) is 0 Å². The summed E-state index contributed by atoms with van der Waals surface area (Å²) in [6.07, 6.45) is 42.3. The summed E-state index contributed by atoms with van der Waals surface area (Å²) in [7, 11) is 0. The van der Waals surface area contributed by atoms with E-state index in [9.17, 15) is 19.8 Å². The van der Waals surface area contributed by atoms with Crippen molar-refractivity contribution in [2.24, 2.45) is 0 Å². The maximum Gasteiger partial charge on any atom is 0.305 e. The molecule has 0 fully saturated rings. The number of carbonyl (C=O) groups excluding carboxylic acids is 2. The number of aliphatic hydroxyl groups is 2. The number of hydrogen-bond acceptors (Lipinski definition) is 8. The van der Waals surface area contributed by atoms with Crippen LogP contribution in [0.2, 0.25) is 0 Å². The van der Waals surface area contributed by atoms with Crippen LogP contribution in [0.5, 0.6) is 0 Å². The number of unbranched alkanes of at least 4 members (excludes halogenated alkanes) is 22. The molecule has 0 aliphatic carbocycles. The van der Waals surface area contributed by atoms with Gasteiger partial charge in [0.25, 0.3) is 0 Å². The molecule has 318 valence electrons. The molecular weight excluding hydrogens is 677 g/mol. The molecule has 0 aromatic heterocycles. The first-order chi connectivity index (χ1) is 26.6. The zero-order valence-electron chi connectivity index (χ0n) is 35.6. The van der Waals surface area contributed by atoms with Crippen LogP contribution in [0.1, 0.15) is 194 Å². The highest BCUT2D eigenvalue weighted by Crippen LogP contribution is 2.12. The molecule has 0 saturated heterocycles. The van der Waals surface area contributed by atoms with Crippen molar-refractivity contribution < 1.29 is 29.3 Å². The van der Waals surface area contributed by atoms with Crippen molar-refractivity contribution in [3.05, 3.63) is 24.3 Å². The van der Waals surface area contributed by atoms with Crippen LogP contribution in [0, 0.1) is 0 Å². The topological polar surface area (TPSA) is 99.5 Å². The average molecular weight is 765 g/mol. The van der Waals surface area contributed by atoms with E-state index in [2.05, 4.69) is 48.0 Å². The quantitative estimate of drug-likeness (QED) is 0.0360. The van der Waals surface area contributed by atoms with Gasteiger partial charge < -0.3 is 19.7 Å². The Labute approximate surface area is 333 Å². The third kappa shape index (κ3) is 39.9. The SMILES string of the molecule is CCCCCCCC/C=C\CCCCCCCC(=O)OCCN(CCO)CCN(CCO)CCOC(=O)CCCCCCC/C=C\CCCCCCCC. The minimum absolute atomic E-state index is 0.0246. The summed E-state index contributed by atoms with van der Waals surface area (Å²) >= 11 is 0. The zero-order valence-corrected chi connectivity index (χ0v) is 35.6. The Hall–Kier alpha value is -1.74. The molecule has 0 aromatic carbocycles. The van der Waals surface area contributed by atoms with Gasteiger partial charge in [-0.05, 0) is 64.2 Å². The van der Waals surface area contributed by atoms with Gasteiger partial charge in [0.15, 0.2) is 0 Å². The summed E-state index contributed by atoms with van der Waals surface area (Å²) in [5.74, 6) is -0.302. The Balaban J connectivity index is 3.89. The molecule has 0 heterocycles. The first kappa shape index (κ1) is 52.3. The van der Waals surface area contributed by atoms with E-state index in [1.807, 2.05) is 0 Å². The second-order valence-electron chi connectivity index (χ2n) is 15.2. The van der Waals surface area contributed by atoms with Crippen LogP contribution in [0.25, 0.3) is 0 Å². The number of esters is 2. The minimum atomic E-state index is -0.151. The predicted octanol–water partition coefficient (Wildman–Crippen LogP) is 10.7. The van der Waals surface area contributed by atoms with Gasteiger partial charge in [-0.2, -0.15) is 0 Å². The third-order valence-corrected chi connectivity index (χ3v) is 10.2. The molecule has 54 heavy (non-hydrogen) atoms. The summed E-state index contributed by atoms with van der Waals surface area (Å²) in [6, 6.07) is 0. The molecule has 8 nitrogen and oxygen atoms in total. The summed E-state index contributed by atoms with van der Waals surface area (Å²) in [5.41, 5.74) is 0. The number of carbonyl (C=O) groups is 2. The molecule has 0 bridgehead atoms. The molecule has 2 N–H and O–H groups in total. The first-order valence-corrected chi connectivity index (χ1v) is 22.8. The second-order valence-corrected chi connectivity index (χ2v) is 15.2. The average Bonchev–Trinajstić information content (AvgIpc) is 3.16. The summed E-state index contributed by atoms with van der Waals surface area (Å²) in [4.78, 5) is 28.7. The fraction of sp³-hybridized carbons (Fsp3) is 0.870. The molecule has 0 radical (unpaired) electrons. The van der Waals surface area contributed by atoms with Gasteiger partial charge >= 0.3 is 11.9 Å². The zero-order chi connectivity index (χ0) is 39.4. The lowest BCUT2D eigenvalue weighted by molar-refractivity contribution is -0.145. The van der Waals surface area contributed by atoms with Crippen LogP contribution in [0.4, 0.5) is 0 Å². The maximum absolute atomic E-state index is 12.3. The summed E-state index contributed by atoms with van der Waals surface area (Å²) < 4.78 is 11.0. The molecule has 0 aliphatic rings. The lowest BCUT2D eigenvalue weighted by atomic mass is 10.1. The van der Waals surface area contributed by atoms with Crippen LogP contribution < -0.4 is 0 Å². The lowest BCUT2D eigenvalue weighted by Crippen LogP contribution is -2.40. The van der Waals surface area contributed by atoms with Crippen molar-refractivity contribution in [2.45, 2.75) is 194 Å². The van der Waals surface area contributed by atoms with Crippen molar-refractivity contribution in [3.8, 4) is 0 Å². The van der Waals surface area contributed by atoms with Gasteiger partial charge in [0.1, 0.15) is 13.2 Å². The molecule has 0 atom stereocenters. The first-order valence-electron chi connectivity index (χ1n) is 22.8. The van der Waals surface area contributed by atoms with Gasteiger partial charge in [-0.1, -0.05) is 141 Å². The molecule has 0 aliphatic heterocycles. The van der Waals surface area contributed by atoms with E-state index >= 15 is 0 Å². The van der Waals surface area contributed by atoms with E-state index in [0.29, 0.717) is 65.3 Å². The Morgan fingerprint density at radius 2 is 0.704 bits per heavy atom. The largest absolute Gasteiger partial charge is 0.464 e. The monoisotopic (exact) mass is 765 g/mol. The Kier molecular flexibility index (Phi) is 42.6. The van der Waals surface area contributed by atoms with E-state index in [1.165, 1.54) is 116 Å². The van der Waals surface area contributed by atoms with E-state index < -0.39 is 0 Å². The number of aliphatic hydroxyl groups excluding tert-OH is 2. The molecule has 0 rings (SSSR count). The number of nitrogens with zero attached hydrogens (tertiary/aromatic N) is 2. The molecule has 0 saturated carbocycles. The van der Waals surface area contributed by atoms with Crippen molar-refractivity contribution in [1.29, 1.82) is 0 Å². The molecule has 0 aromatic rings. The van der Waals surface area contributed by atoms with Crippen molar-refractivity contribution in [1.82, 2.24) is 9.80 Å². The molecule has 0 unspecified atom stereocenters. The highest BCUT2D eigenvalue weighted by molar-refractivity contribution is 5.69. The fourth-order valence-electron chi connectivity index (χ4n) is 6.64. The van der Waals surface area contributed by atoms with Gasteiger partial charge in [0.2, 0.25) is 0 Å². The van der Waals surface area contributed by atoms with E-state index in [4.69, 9.17) is 9.47 Å². The van der Waals surface area contributed by atoms with Gasteiger partial charge in [-0.25, -0.2) is 0 Å². The lowest BCUT2D eigenvalue weighted by Gasteiger charge is -2.26. The standard InChI is InChI=1S/C46H88N2O6/c1-3-5-7-9-11-13-15-17-19-21-23-25-27-29-31-33-45(51)53-43-39-47(37-41-49)35-36-48(38-42-50)40-44-54-46(52)34-32-30-28-26-24-22-20-18-16-14-12-10-8-6-4-2/h17-20,49-50H,3-16,21-44H2,1-2H3/b19-17-,20-18-. The van der Waals surface area contributed by atoms with Crippen LogP contribution in [-0.4, -0.2) is 97.6 Å². The summed E-state index contributed by atoms with van der Waals surface area (Å²) in [6.45, 7) is 8.59. The number of hydrogen-bond donors (Lipinski definition) is 2. The van der Waals surface area contributed by atoms with E-state index in [-0.39, 0.29) is 25.2 Å². The minimum Gasteiger partial charge on any atom is -0.464 e. The van der Waals surface area contributed by atoms with Crippen LogP contribution >= 0.6 is 0 Å². The summed E-state index contributed by atoms with van der Waals surface area (Å²) in [5, 5.41) is 19.1. The van der Waals surface area contributed by atoms with Gasteiger partial charge in [-0.15, -0.1) is 0 Å². The number of rotatable bonds is 43. The van der Waals surface area contributed by atoms with Crippen molar-refractivity contribution in [2.75, 3.05) is 65.7 Å². The van der Waals surface area contributed by atoms with Crippen molar-refractivity contribution >= 4 is 11.9 Å². The Morgan fingerprint density at radius 1 is 0.407 bits per heavy atom. The van der Waals surface area contributed by atoms with E-state index in [0.717, 1.165) is 51.4 Å². The molecule has 8 heteroatoms. The predicted molar refractivity (Wildman–Crippen MR) is 228 cm³/mol.